The van der Waals surface area contributed by atoms with Crippen LogP contribution in [0.15, 0.2) is 0 Å². The largest absolute Gasteiger partial charge is 0.343 e. The quantitative estimate of drug-likeness (QED) is 0.487. The van der Waals surface area contributed by atoms with Crippen LogP contribution in [0.4, 0.5) is 0 Å². The first-order valence-corrected chi connectivity index (χ1v) is 2.50. The molecule has 0 nitrogen and oxygen atoms in total. The van der Waals surface area contributed by atoms with Gasteiger partial charge in [0.1, 0.15) is 0 Å². The van der Waals surface area contributed by atoms with Gasteiger partial charge in [-0.15, -0.1) is 0 Å². The average Bonchev–Trinajstić information content (AvgIpc) is 1.61. The molecule has 0 bridgehead atoms. The molecule has 2 heteroatoms. The minimum atomic E-state index is 0. The molecular weight excluding hydrogens is 407 g/mol. The van der Waals surface area contributed by atoms with Crippen LogP contribution in [0.3, 0.4) is 0 Å². The van der Waals surface area contributed by atoms with E-state index in [4.69, 9.17) is 0 Å². The Kier molecular flexibility index (Phi) is 34.2. The second-order valence-electron chi connectivity index (χ2n) is 1.41. The van der Waals surface area contributed by atoms with E-state index in [1.165, 1.54) is 12.8 Å². The second kappa shape index (κ2) is 16.2. The van der Waals surface area contributed by atoms with E-state index < -0.39 is 0 Å². The number of hydrogen-bond donors (Lipinski definition) is 0. The molecule has 0 aromatic rings. The van der Waals surface area contributed by atoms with Gasteiger partial charge in [-0.05, 0) is 0 Å². The number of unbranched alkanes of at least 4 members (excludes halogenated alkanes) is 3. The third-order valence-corrected chi connectivity index (χ3v) is 0.750. The third kappa shape index (κ3) is 15.8. The number of hydrogen-bond acceptors (Lipinski definition) is 0. The Balaban J connectivity index is -0.000000125. The van der Waals surface area contributed by atoms with Crippen molar-refractivity contribution in [2.24, 2.45) is 0 Å². The fourth-order valence-corrected chi connectivity index (χ4v) is 0.354. The van der Waals surface area contributed by atoms with Crippen molar-refractivity contribution in [1.82, 2.24) is 0 Å². The Hall–Kier alpha value is 2.49. The van der Waals surface area contributed by atoms with Crippen molar-refractivity contribution in [2.45, 2.75) is 25.7 Å². The van der Waals surface area contributed by atoms with E-state index in [2.05, 4.69) is 13.8 Å². The first-order chi connectivity index (χ1) is 2.91. The van der Waals surface area contributed by atoms with Gasteiger partial charge in [0.2, 0.25) is 0 Å². The Morgan fingerprint density at radius 3 is 1.12 bits per heavy atom. The van der Waals surface area contributed by atoms with Gasteiger partial charge in [0, 0.05) is 74.6 Å². The summed E-state index contributed by atoms with van der Waals surface area (Å²) in [6.07, 6.45) is 4.61. The van der Waals surface area contributed by atoms with Crippen LogP contribution in [0, 0.1) is 88.5 Å². The molecule has 0 amide bonds. The van der Waals surface area contributed by atoms with E-state index in [1.54, 1.807) is 0 Å². The van der Waals surface area contributed by atoms with Crippen LogP contribution in [0.2, 0.25) is 0 Å². The van der Waals surface area contributed by atoms with E-state index in [0.29, 0.717) is 0 Å². The fraction of sp³-hybridized carbons (Fsp3) is 0.667. The molecule has 0 aliphatic carbocycles. The summed E-state index contributed by atoms with van der Waals surface area (Å²) < 4.78 is 0. The summed E-state index contributed by atoms with van der Waals surface area (Å²) in [5.74, 6) is 0. The summed E-state index contributed by atoms with van der Waals surface area (Å²) in [5.41, 5.74) is 0. The van der Waals surface area contributed by atoms with Crippen molar-refractivity contribution in [1.29, 1.82) is 0 Å². The smallest absolute Gasteiger partial charge is 0 e. The maximum absolute atomic E-state index is 3.70. The standard InChI is InChI=1S/C6H12.2Er/c1-3-5-6-4-2;;/h1-6H2;;/q-2;;. The molecule has 0 aromatic carbocycles. The van der Waals surface area contributed by atoms with Crippen LogP contribution < -0.4 is 0 Å². The topological polar surface area (TPSA) is 0 Å². The van der Waals surface area contributed by atoms with E-state index in [9.17, 15) is 0 Å². The Morgan fingerprint density at radius 1 is 0.750 bits per heavy atom. The molecule has 0 N–H and O–H groups in total. The first-order valence-electron chi connectivity index (χ1n) is 2.50. The molecular formula is C6H12Er2-2. The molecule has 8 heavy (non-hydrogen) atoms. The van der Waals surface area contributed by atoms with E-state index >= 15 is 0 Å². The van der Waals surface area contributed by atoms with Gasteiger partial charge in [0.25, 0.3) is 0 Å². The molecule has 0 saturated heterocycles. The molecule has 0 radical (unpaired) electrons. The van der Waals surface area contributed by atoms with Crippen molar-refractivity contribution < 1.29 is 74.6 Å². The van der Waals surface area contributed by atoms with Gasteiger partial charge in [-0.25, -0.2) is 0 Å². The van der Waals surface area contributed by atoms with Crippen molar-refractivity contribution >= 4 is 0 Å². The van der Waals surface area contributed by atoms with Crippen molar-refractivity contribution in [3.63, 3.8) is 0 Å². The summed E-state index contributed by atoms with van der Waals surface area (Å²) in [6.45, 7) is 7.39. The maximum atomic E-state index is 3.70. The third-order valence-electron chi connectivity index (χ3n) is 0.750. The second-order valence-corrected chi connectivity index (χ2v) is 1.41. The van der Waals surface area contributed by atoms with Crippen molar-refractivity contribution in [3.8, 4) is 0 Å². The van der Waals surface area contributed by atoms with Crippen molar-refractivity contribution in [2.75, 3.05) is 0 Å². The Morgan fingerprint density at radius 2 is 1.00 bits per heavy atom. The molecule has 0 fully saturated rings. The zero-order chi connectivity index (χ0) is 4.83. The molecule has 0 aliphatic heterocycles. The zero-order valence-corrected chi connectivity index (χ0v) is 8.52. The molecule has 62 valence electrons. The zero-order valence-electron chi connectivity index (χ0n) is 4.82. The minimum Gasteiger partial charge on any atom is -0.343 e. The summed E-state index contributed by atoms with van der Waals surface area (Å²) in [6, 6.07) is 0. The molecule has 0 unspecified atom stereocenters. The van der Waals surface area contributed by atoms with Gasteiger partial charge in [-0.1, -0.05) is 12.8 Å². The van der Waals surface area contributed by atoms with Crippen LogP contribution in [0.1, 0.15) is 25.7 Å². The molecule has 0 rings (SSSR count). The van der Waals surface area contributed by atoms with Crippen LogP contribution >= 0.6 is 0 Å². The fourth-order valence-electron chi connectivity index (χ4n) is 0.354. The predicted molar refractivity (Wildman–Crippen MR) is 29.2 cm³/mol. The van der Waals surface area contributed by atoms with Gasteiger partial charge in [0.05, 0.1) is 0 Å². The SMILES string of the molecule is [CH2-]CCCC[CH2-].[Er].[Er]. The van der Waals surface area contributed by atoms with Gasteiger partial charge < -0.3 is 13.8 Å². The Bertz CT molecular complexity index is 18.5. The van der Waals surface area contributed by atoms with Crippen LogP contribution in [0.5, 0.6) is 0 Å². The van der Waals surface area contributed by atoms with Crippen molar-refractivity contribution in [3.05, 3.63) is 13.8 Å². The molecule has 0 saturated carbocycles. The molecule has 0 heterocycles. The van der Waals surface area contributed by atoms with Crippen LogP contribution in [0.25, 0.3) is 0 Å². The molecule has 0 atom stereocenters. The predicted octanol–water partition coefficient (Wildman–Crippen LogP) is 2.21. The minimum absolute atomic E-state index is 0. The maximum Gasteiger partial charge on any atom is 0 e. The summed E-state index contributed by atoms with van der Waals surface area (Å²) in [5, 5.41) is 0. The molecule has 0 spiro atoms. The van der Waals surface area contributed by atoms with Gasteiger partial charge in [-0.3, -0.25) is 0 Å². The molecule has 0 aromatic heterocycles. The average molecular weight is 419 g/mol. The number of rotatable bonds is 3. The van der Waals surface area contributed by atoms with Crippen LogP contribution in [-0.4, -0.2) is 0 Å². The Labute approximate surface area is 112 Å². The van der Waals surface area contributed by atoms with E-state index in [0.717, 1.165) is 12.8 Å². The van der Waals surface area contributed by atoms with E-state index in [1.807, 2.05) is 0 Å². The van der Waals surface area contributed by atoms with E-state index in [-0.39, 0.29) is 74.6 Å². The van der Waals surface area contributed by atoms with Gasteiger partial charge in [0.15, 0.2) is 0 Å². The normalized spacial score (nSPS) is 6.75. The van der Waals surface area contributed by atoms with Crippen LogP contribution in [-0.2, 0) is 0 Å². The summed E-state index contributed by atoms with van der Waals surface area (Å²) >= 11 is 0. The monoisotopic (exact) mass is 416 g/mol. The summed E-state index contributed by atoms with van der Waals surface area (Å²) in [4.78, 5) is 0. The van der Waals surface area contributed by atoms with Gasteiger partial charge >= 0.3 is 0 Å². The first kappa shape index (κ1) is 16.8. The summed E-state index contributed by atoms with van der Waals surface area (Å²) in [7, 11) is 0. The molecule has 0 aliphatic rings. The van der Waals surface area contributed by atoms with Gasteiger partial charge in [-0.2, -0.15) is 12.8 Å².